The third-order valence-electron chi connectivity index (χ3n) is 3.69. The maximum atomic E-state index is 12.0. The smallest absolute Gasteiger partial charge is 0.226 e. The average molecular weight is 292 g/mol. The van der Waals surface area contributed by atoms with Crippen LogP contribution in [0.1, 0.15) is 39.5 Å². The Balaban J connectivity index is 2.02. The van der Waals surface area contributed by atoms with Gasteiger partial charge < -0.3 is 20.5 Å². The van der Waals surface area contributed by atoms with Gasteiger partial charge in [0.1, 0.15) is 0 Å². The summed E-state index contributed by atoms with van der Waals surface area (Å²) in [6, 6.07) is 5.41. The Morgan fingerprint density at radius 2 is 1.90 bits per heavy atom. The van der Waals surface area contributed by atoms with E-state index in [1.54, 1.807) is 6.07 Å². The SMILES string of the molecule is CCOc1ccc(NC(=O)CC2(N)CCC2)cc1OCC. The van der Waals surface area contributed by atoms with Crippen LogP contribution in [0.4, 0.5) is 5.69 Å². The molecular weight excluding hydrogens is 268 g/mol. The number of benzene rings is 1. The molecule has 0 atom stereocenters. The molecule has 0 unspecified atom stereocenters. The van der Waals surface area contributed by atoms with E-state index in [4.69, 9.17) is 15.2 Å². The van der Waals surface area contributed by atoms with Gasteiger partial charge in [-0.15, -0.1) is 0 Å². The molecule has 3 N–H and O–H groups in total. The third-order valence-corrected chi connectivity index (χ3v) is 3.69. The second-order valence-electron chi connectivity index (χ2n) is 5.47. The zero-order valence-electron chi connectivity index (χ0n) is 12.8. The molecule has 5 heteroatoms. The zero-order valence-corrected chi connectivity index (χ0v) is 12.8. The molecule has 2 rings (SSSR count). The Kier molecular flexibility index (Phi) is 5.07. The van der Waals surface area contributed by atoms with E-state index in [9.17, 15) is 4.79 Å². The molecule has 0 aliphatic heterocycles. The lowest BCUT2D eigenvalue weighted by Crippen LogP contribution is -2.48. The van der Waals surface area contributed by atoms with E-state index < -0.39 is 0 Å². The standard InChI is InChI=1S/C16H24N2O3/c1-3-20-13-7-6-12(10-14(13)21-4-2)18-15(19)11-16(17)8-5-9-16/h6-7,10H,3-5,8-9,11,17H2,1-2H3,(H,18,19). The van der Waals surface area contributed by atoms with Gasteiger partial charge in [0, 0.05) is 23.7 Å². The van der Waals surface area contributed by atoms with Crippen LogP contribution in [0.2, 0.25) is 0 Å². The second kappa shape index (κ2) is 6.80. The van der Waals surface area contributed by atoms with Crippen molar-refractivity contribution in [2.24, 2.45) is 5.73 Å². The predicted octanol–water partition coefficient (Wildman–Crippen LogP) is 2.69. The fraction of sp³-hybridized carbons (Fsp3) is 0.562. The summed E-state index contributed by atoms with van der Waals surface area (Å²) in [6.07, 6.45) is 3.33. The lowest BCUT2D eigenvalue weighted by atomic mass is 9.75. The van der Waals surface area contributed by atoms with Crippen LogP contribution in [-0.2, 0) is 4.79 Å². The number of nitrogens with one attached hydrogen (secondary N) is 1. The van der Waals surface area contributed by atoms with Gasteiger partial charge in [-0.1, -0.05) is 0 Å². The molecule has 0 bridgehead atoms. The van der Waals surface area contributed by atoms with Crippen LogP contribution < -0.4 is 20.5 Å². The first kappa shape index (κ1) is 15.6. The predicted molar refractivity (Wildman–Crippen MR) is 82.8 cm³/mol. The van der Waals surface area contributed by atoms with Crippen molar-refractivity contribution in [2.45, 2.75) is 45.1 Å². The maximum absolute atomic E-state index is 12.0. The Labute approximate surface area is 125 Å². The number of nitrogens with two attached hydrogens (primary N) is 1. The van der Waals surface area contributed by atoms with Crippen LogP contribution in [0, 0.1) is 0 Å². The van der Waals surface area contributed by atoms with Crippen LogP contribution in [0.5, 0.6) is 11.5 Å². The van der Waals surface area contributed by atoms with Crippen molar-refractivity contribution in [3.05, 3.63) is 18.2 Å². The molecule has 0 heterocycles. The number of hydrogen-bond acceptors (Lipinski definition) is 4. The highest BCUT2D eigenvalue weighted by atomic mass is 16.5. The van der Waals surface area contributed by atoms with E-state index in [1.165, 1.54) is 0 Å². The molecule has 5 nitrogen and oxygen atoms in total. The summed E-state index contributed by atoms with van der Waals surface area (Å²) in [5.41, 5.74) is 6.49. The van der Waals surface area contributed by atoms with E-state index in [1.807, 2.05) is 26.0 Å². The molecule has 1 aromatic rings. The van der Waals surface area contributed by atoms with Gasteiger partial charge in [-0.25, -0.2) is 0 Å². The van der Waals surface area contributed by atoms with Gasteiger partial charge in [-0.3, -0.25) is 4.79 Å². The van der Waals surface area contributed by atoms with Gasteiger partial charge in [0.15, 0.2) is 11.5 Å². The summed E-state index contributed by atoms with van der Waals surface area (Å²) in [5, 5.41) is 2.88. The summed E-state index contributed by atoms with van der Waals surface area (Å²) in [5.74, 6) is 1.28. The second-order valence-corrected chi connectivity index (χ2v) is 5.47. The molecule has 0 radical (unpaired) electrons. The Morgan fingerprint density at radius 1 is 1.24 bits per heavy atom. The van der Waals surface area contributed by atoms with Crippen LogP contribution in [0.15, 0.2) is 18.2 Å². The molecule has 116 valence electrons. The van der Waals surface area contributed by atoms with Crippen LogP contribution >= 0.6 is 0 Å². The third kappa shape index (κ3) is 4.11. The Hall–Kier alpha value is -1.75. The molecule has 0 spiro atoms. The van der Waals surface area contributed by atoms with Gasteiger partial charge in [0.25, 0.3) is 0 Å². The summed E-state index contributed by atoms with van der Waals surface area (Å²) in [6.45, 7) is 4.95. The van der Waals surface area contributed by atoms with E-state index in [2.05, 4.69) is 5.32 Å². The fourth-order valence-electron chi connectivity index (χ4n) is 2.46. The summed E-state index contributed by atoms with van der Waals surface area (Å²) < 4.78 is 11.0. The minimum atomic E-state index is -0.307. The van der Waals surface area contributed by atoms with Crippen molar-refractivity contribution < 1.29 is 14.3 Å². The van der Waals surface area contributed by atoms with Gasteiger partial charge in [0.2, 0.25) is 5.91 Å². The highest BCUT2D eigenvalue weighted by Crippen LogP contribution is 2.33. The minimum absolute atomic E-state index is 0.0520. The molecule has 1 aliphatic rings. The van der Waals surface area contributed by atoms with E-state index in [-0.39, 0.29) is 11.4 Å². The van der Waals surface area contributed by atoms with Crippen LogP contribution in [0.3, 0.4) is 0 Å². The van der Waals surface area contributed by atoms with Gasteiger partial charge in [-0.2, -0.15) is 0 Å². The van der Waals surface area contributed by atoms with E-state index >= 15 is 0 Å². The van der Waals surface area contributed by atoms with Crippen LogP contribution in [-0.4, -0.2) is 24.7 Å². The average Bonchev–Trinajstić information content (AvgIpc) is 2.40. The molecule has 1 saturated carbocycles. The Morgan fingerprint density at radius 3 is 2.48 bits per heavy atom. The van der Waals surface area contributed by atoms with Gasteiger partial charge >= 0.3 is 0 Å². The number of rotatable bonds is 7. The molecule has 1 aliphatic carbocycles. The number of anilines is 1. The van der Waals surface area contributed by atoms with Crippen molar-refractivity contribution >= 4 is 11.6 Å². The molecule has 0 aromatic heterocycles. The summed E-state index contributed by atoms with van der Waals surface area (Å²) >= 11 is 0. The van der Waals surface area contributed by atoms with Gasteiger partial charge in [0.05, 0.1) is 13.2 Å². The molecular formula is C16H24N2O3. The van der Waals surface area contributed by atoms with E-state index in [0.717, 1.165) is 19.3 Å². The van der Waals surface area contributed by atoms with Crippen molar-refractivity contribution in [2.75, 3.05) is 18.5 Å². The fourth-order valence-corrected chi connectivity index (χ4v) is 2.46. The maximum Gasteiger partial charge on any atom is 0.226 e. The number of carbonyl (C=O) groups excluding carboxylic acids is 1. The van der Waals surface area contributed by atoms with Crippen molar-refractivity contribution in [3.8, 4) is 11.5 Å². The minimum Gasteiger partial charge on any atom is -0.490 e. The Bertz CT molecular complexity index is 498. The molecule has 1 amide bonds. The van der Waals surface area contributed by atoms with Crippen LogP contribution in [0.25, 0.3) is 0 Å². The lowest BCUT2D eigenvalue weighted by Gasteiger charge is -2.37. The first-order valence-electron chi connectivity index (χ1n) is 7.54. The first-order valence-corrected chi connectivity index (χ1v) is 7.54. The monoisotopic (exact) mass is 292 g/mol. The molecule has 1 fully saturated rings. The largest absolute Gasteiger partial charge is 0.490 e. The number of hydrogen-bond donors (Lipinski definition) is 2. The number of carbonyl (C=O) groups is 1. The molecule has 21 heavy (non-hydrogen) atoms. The van der Waals surface area contributed by atoms with Crippen molar-refractivity contribution in [1.82, 2.24) is 0 Å². The summed E-state index contributed by atoms with van der Waals surface area (Å²) in [7, 11) is 0. The number of ether oxygens (including phenoxy) is 2. The first-order chi connectivity index (χ1) is 10.1. The van der Waals surface area contributed by atoms with E-state index in [0.29, 0.717) is 36.8 Å². The topological polar surface area (TPSA) is 73.6 Å². The van der Waals surface area contributed by atoms with Crippen molar-refractivity contribution in [3.63, 3.8) is 0 Å². The lowest BCUT2D eigenvalue weighted by molar-refractivity contribution is -0.118. The zero-order chi connectivity index (χ0) is 15.3. The highest BCUT2D eigenvalue weighted by molar-refractivity contribution is 5.92. The quantitative estimate of drug-likeness (QED) is 0.810. The number of amides is 1. The highest BCUT2D eigenvalue weighted by Gasteiger charge is 2.34. The molecule has 1 aromatic carbocycles. The van der Waals surface area contributed by atoms with Crippen molar-refractivity contribution in [1.29, 1.82) is 0 Å². The van der Waals surface area contributed by atoms with Gasteiger partial charge in [-0.05, 0) is 45.2 Å². The normalized spacial score (nSPS) is 16.0. The summed E-state index contributed by atoms with van der Waals surface area (Å²) in [4.78, 5) is 12.0. The molecule has 0 saturated heterocycles.